The molecule has 1 aromatic heterocycles. The second-order valence-corrected chi connectivity index (χ2v) is 5.15. The smallest absolute Gasteiger partial charge is 0.277 e. The molecular weight excluding hydrogens is 278 g/mol. The Morgan fingerprint density at radius 2 is 2.00 bits per heavy atom. The average Bonchev–Trinajstić information content (AvgIpc) is 2.54. The molecule has 1 heterocycles. The predicted molar refractivity (Wildman–Crippen MR) is 85.1 cm³/mol. The van der Waals surface area contributed by atoms with E-state index >= 15 is 0 Å². The second kappa shape index (κ2) is 6.39. The van der Waals surface area contributed by atoms with E-state index in [1.165, 1.54) is 4.68 Å². The first-order valence-electron chi connectivity index (χ1n) is 7.26. The molecule has 0 amide bonds. The van der Waals surface area contributed by atoms with Gasteiger partial charge in [0.1, 0.15) is 11.3 Å². The number of nitrogens with zero attached hydrogens (tertiary/aromatic N) is 3. The summed E-state index contributed by atoms with van der Waals surface area (Å²) in [4.78, 5) is 12.3. The van der Waals surface area contributed by atoms with E-state index in [9.17, 15) is 4.79 Å². The van der Waals surface area contributed by atoms with Gasteiger partial charge in [-0.05, 0) is 36.8 Å². The van der Waals surface area contributed by atoms with Crippen LogP contribution in [0.4, 0.5) is 0 Å². The zero-order chi connectivity index (χ0) is 15.4. The Bertz CT molecular complexity index is 842. The second-order valence-electron chi connectivity index (χ2n) is 5.15. The van der Waals surface area contributed by atoms with Gasteiger partial charge in [-0.2, -0.15) is 0 Å². The first-order valence-corrected chi connectivity index (χ1v) is 7.26. The molecule has 0 bridgehead atoms. The highest BCUT2D eigenvalue weighted by Gasteiger charge is 2.04. The van der Waals surface area contributed by atoms with Crippen molar-refractivity contribution in [1.82, 2.24) is 15.0 Å². The fourth-order valence-corrected chi connectivity index (χ4v) is 2.28. The quantitative estimate of drug-likeness (QED) is 0.679. The van der Waals surface area contributed by atoms with Gasteiger partial charge in [0, 0.05) is 13.0 Å². The number of rotatable bonds is 5. The highest BCUT2D eigenvalue weighted by Crippen LogP contribution is 2.12. The van der Waals surface area contributed by atoms with Crippen molar-refractivity contribution in [3.8, 4) is 5.75 Å². The third-order valence-electron chi connectivity index (χ3n) is 3.40. The topological polar surface area (TPSA) is 57.0 Å². The number of ether oxygens (including phenoxy) is 1. The standard InChI is InChI=1S/C17H17N3O2/c1-13-6-4-7-14(12-13)22-11-5-10-20-17(21)15-8-2-3-9-16(15)18-19-20/h2-4,6-9,12H,5,10-11H2,1H3. The number of fused-ring (bicyclic) bond motifs is 1. The Kier molecular flexibility index (Phi) is 4.14. The molecule has 0 aliphatic carbocycles. The Morgan fingerprint density at radius 3 is 2.86 bits per heavy atom. The van der Waals surface area contributed by atoms with Gasteiger partial charge in [-0.1, -0.05) is 29.5 Å². The van der Waals surface area contributed by atoms with Crippen molar-refractivity contribution in [2.45, 2.75) is 19.9 Å². The Balaban J connectivity index is 1.62. The molecule has 0 saturated heterocycles. The van der Waals surface area contributed by atoms with Crippen molar-refractivity contribution in [2.75, 3.05) is 6.61 Å². The Morgan fingerprint density at radius 1 is 1.14 bits per heavy atom. The summed E-state index contributed by atoms with van der Waals surface area (Å²) in [6, 6.07) is 15.1. The maximum atomic E-state index is 12.3. The maximum Gasteiger partial charge on any atom is 0.277 e. The normalized spacial score (nSPS) is 10.8. The van der Waals surface area contributed by atoms with Gasteiger partial charge in [0.05, 0.1) is 12.0 Å². The highest BCUT2D eigenvalue weighted by molar-refractivity contribution is 5.76. The first-order chi connectivity index (χ1) is 10.7. The summed E-state index contributed by atoms with van der Waals surface area (Å²) >= 11 is 0. The third-order valence-corrected chi connectivity index (χ3v) is 3.40. The fourth-order valence-electron chi connectivity index (χ4n) is 2.28. The Labute approximate surface area is 128 Å². The van der Waals surface area contributed by atoms with Gasteiger partial charge >= 0.3 is 0 Å². The summed E-state index contributed by atoms with van der Waals surface area (Å²) < 4.78 is 7.06. The Hall–Kier alpha value is -2.69. The van der Waals surface area contributed by atoms with E-state index in [-0.39, 0.29) is 5.56 Å². The van der Waals surface area contributed by atoms with E-state index < -0.39 is 0 Å². The summed E-state index contributed by atoms with van der Waals surface area (Å²) in [5, 5.41) is 8.62. The van der Waals surface area contributed by atoms with Crippen molar-refractivity contribution in [2.24, 2.45) is 0 Å². The van der Waals surface area contributed by atoms with Crippen molar-refractivity contribution in [1.29, 1.82) is 0 Å². The zero-order valence-corrected chi connectivity index (χ0v) is 12.4. The molecule has 0 spiro atoms. The van der Waals surface area contributed by atoms with Crippen LogP contribution in [-0.4, -0.2) is 21.6 Å². The summed E-state index contributed by atoms with van der Waals surface area (Å²) in [6.45, 7) is 3.05. The van der Waals surface area contributed by atoms with Crippen molar-refractivity contribution >= 4 is 10.9 Å². The molecule has 5 nitrogen and oxygen atoms in total. The molecule has 0 aliphatic heterocycles. The molecule has 0 unspecified atom stereocenters. The van der Waals surface area contributed by atoms with Crippen LogP contribution in [-0.2, 0) is 6.54 Å². The molecule has 3 rings (SSSR count). The molecule has 22 heavy (non-hydrogen) atoms. The van der Waals surface area contributed by atoms with E-state index in [0.717, 1.165) is 11.3 Å². The molecule has 3 aromatic rings. The lowest BCUT2D eigenvalue weighted by atomic mass is 10.2. The molecule has 0 fully saturated rings. The number of aromatic nitrogens is 3. The third kappa shape index (κ3) is 3.14. The molecule has 0 radical (unpaired) electrons. The SMILES string of the molecule is Cc1cccc(OCCCn2nnc3ccccc3c2=O)c1. The minimum Gasteiger partial charge on any atom is -0.494 e. The van der Waals surface area contributed by atoms with Crippen LogP contribution in [0.3, 0.4) is 0 Å². The van der Waals surface area contributed by atoms with Crippen molar-refractivity contribution < 1.29 is 4.74 Å². The molecule has 2 aromatic carbocycles. The zero-order valence-electron chi connectivity index (χ0n) is 12.4. The molecule has 0 N–H and O–H groups in total. The van der Waals surface area contributed by atoms with Crippen LogP contribution in [0, 0.1) is 6.92 Å². The lowest BCUT2D eigenvalue weighted by Gasteiger charge is -2.07. The van der Waals surface area contributed by atoms with E-state index in [2.05, 4.69) is 10.3 Å². The largest absolute Gasteiger partial charge is 0.494 e. The predicted octanol–water partition coefficient (Wildman–Crippen LogP) is 2.57. The van der Waals surface area contributed by atoms with Crippen LogP contribution in [0.25, 0.3) is 10.9 Å². The van der Waals surface area contributed by atoms with E-state index in [4.69, 9.17) is 4.74 Å². The minimum absolute atomic E-state index is 0.110. The van der Waals surface area contributed by atoms with Crippen LogP contribution < -0.4 is 10.3 Å². The van der Waals surface area contributed by atoms with Crippen LogP contribution in [0.5, 0.6) is 5.75 Å². The van der Waals surface area contributed by atoms with E-state index in [1.807, 2.05) is 43.3 Å². The summed E-state index contributed by atoms with van der Waals surface area (Å²) in [5.74, 6) is 0.844. The van der Waals surface area contributed by atoms with Gasteiger partial charge in [-0.25, -0.2) is 4.68 Å². The molecule has 0 saturated carbocycles. The first kappa shape index (κ1) is 14.3. The lowest BCUT2D eigenvalue weighted by Crippen LogP contribution is -2.25. The molecule has 0 atom stereocenters. The van der Waals surface area contributed by atoms with Crippen molar-refractivity contribution in [3.63, 3.8) is 0 Å². The number of benzene rings is 2. The highest BCUT2D eigenvalue weighted by atomic mass is 16.5. The lowest BCUT2D eigenvalue weighted by molar-refractivity contribution is 0.296. The minimum atomic E-state index is -0.110. The average molecular weight is 295 g/mol. The van der Waals surface area contributed by atoms with Gasteiger partial charge in [-0.3, -0.25) is 4.79 Å². The van der Waals surface area contributed by atoms with E-state index in [0.29, 0.717) is 30.5 Å². The van der Waals surface area contributed by atoms with Gasteiger partial charge in [0.15, 0.2) is 0 Å². The number of hydrogen-bond donors (Lipinski definition) is 0. The molecular formula is C17H17N3O2. The van der Waals surface area contributed by atoms with Crippen LogP contribution in [0.2, 0.25) is 0 Å². The molecule has 0 aliphatic rings. The van der Waals surface area contributed by atoms with Crippen LogP contribution in [0.15, 0.2) is 53.3 Å². The van der Waals surface area contributed by atoms with E-state index in [1.54, 1.807) is 12.1 Å². The number of aryl methyl sites for hydroxylation is 2. The van der Waals surface area contributed by atoms with Gasteiger partial charge in [-0.15, -0.1) is 5.10 Å². The van der Waals surface area contributed by atoms with Crippen LogP contribution >= 0.6 is 0 Å². The van der Waals surface area contributed by atoms with Gasteiger partial charge in [0.2, 0.25) is 0 Å². The van der Waals surface area contributed by atoms with Gasteiger partial charge < -0.3 is 4.74 Å². The summed E-state index contributed by atoms with van der Waals surface area (Å²) in [7, 11) is 0. The van der Waals surface area contributed by atoms with Crippen molar-refractivity contribution in [3.05, 3.63) is 64.4 Å². The maximum absolute atomic E-state index is 12.3. The van der Waals surface area contributed by atoms with Gasteiger partial charge in [0.25, 0.3) is 5.56 Å². The molecule has 112 valence electrons. The van der Waals surface area contributed by atoms with Crippen LogP contribution in [0.1, 0.15) is 12.0 Å². The molecule has 5 heteroatoms. The monoisotopic (exact) mass is 295 g/mol. The summed E-state index contributed by atoms with van der Waals surface area (Å²) in [5.41, 5.74) is 1.68. The number of hydrogen-bond acceptors (Lipinski definition) is 4. The fraction of sp³-hybridized carbons (Fsp3) is 0.235. The summed E-state index contributed by atoms with van der Waals surface area (Å²) in [6.07, 6.45) is 0.695.